The van der Waals surface area contributed by atoms with Gasteiger partial charge in [-0.25, -0.2) is 9.50 Å². The Morgan fingerprint density at radius 2 is 2.00 bits per heavy atom. The minimum Gasteiger partial charge on any atom is -0.359 e. The van der Waals surface area contributed by atoms with E-state index in [1.54, 1.807) is 9.42 Å². The van der Waals surface area contributed by atoms with Gasteiger partial charge in [0.2, 0.25) is 11.8 Å². The normalized spacial score (nSPS) is 14.5. The summed E-state index contributed by atoms with van der Waals surface area (Å²) in [6.07, 6.45) is 3.46. The van der Waals surface area contributed by atoms with Crippen LogP contribution in [0.2, 0.25) is 0 Å². The molecule has 1 saturated heterocycles. The highest BCUT2D eigenvalue weighted by Crippen LogP contribution is 2.28. The Morgan fingerprint density at radius 3 is 2.70 bits per heavy atom. The number of amides is 2. The second kappa shape index (κ2) is 9.30. The van der Waals surface area contributed by atoms with Gasteiger partial charge in [0.15, 0.2) is 0 Å². The molecule has 0 unspecified atom stereocenters. The van der Waals surface area contributed by atoms with E-state index in [2.05, 4.69) is 30.4 Å². The van der Waals surface area contributed by atoms with Crippen LogP contribution < -0.4 is 10.2 Å². The van der Waals surface area contributed by atoms with Crippen LogP contribution in [0.5, 0.6) is 0 Å². The third-order valence-electron chi connectivity index (χ3n) is 6.54. The molecule has 0 saturated carbocycles. The number of nitrogens with zero attached hydrogens (tertiary/aromatic N) is 7. The first kappa shape index (κ1) is 24.4. The topological polar surface area (TPSA) is 122 Å². The molecular formula is C26H30N8O3. The van der Waals surface area contributed by atoms with Crippen molar-refractivity contribution in [3.63, 3.8) is 0 Å². The Morgan fingerprint density at radius 1 is 1.19 bits per heavy atom. The van der Waals surface area contributed by atoms with Crippen LogP contribution in [0.15, 0.2) is 41.3 Å². The minimum absolute atomic E-state index is 0.0219. The van der Waals surface area contributed by atoms with E-state index < -0.39 is 0 Å². The molecule has 11 heteroatoms. The molecule has 4 heterocycles. The maximum Gasteiger partial charge on any atom is 0.292 e. The fourth-order valence-corrected chi connectivity index (χ4v) is 4.21. The van der Waals surface area contributed by atoms with Crippen LogP contribution in [-0.2, 0) is 16.8 Å². The first-order valence-electron chi connectivity index (χ1n) is 12.1. The lowest BCUT2D eigenvalue weighted by molar-refractivity contribution is -0.129. The monoisotopic (exact) mass is 502 g/mol. The SMILES string of the molecule is Cc1cc(-c2ncnn3cc(N4CCN(C)C(=O)C4)cc23)ccc1CNC(=O)c1noc(C(C)(C)C)n1. The van der Waals surface area contributed by atoms with Crippen LogP contribution in [0.25, 0.3) is 16.8 Å². The van der Waals surface area contributed by atoms with Crippen molar-refractivity contribution in [2.24, 2.45) is 0 Å². The van der Waals surface area contributed by atoms with Crippen molar-refractivity contribution in [1.29, 1.82) is 0 Å². The van der Waals surface area contributed by atoms with Crippen LogP contribution in [0.3, 0.4) is 0 Å². The molecule has 37 heavy (non-hydrogen) atoms. The Hall–Kier alpha value is -4.28. The second-order valence-corrected chi connectivity index (χ2v) is 10.4. The van der Waals surface area contributed by atoms with Crippen molar-refractivity contribution in [2.45, 2.75) is 39.7 Å². The van der Waals surface area contributed by atoms with Crippen LogP contribution in [0.1, 0.15) is 48.4 Å². The summed E-state index contributed by atoms with van der Waals surface area (Å²) in [4.78, 5) is 37.3. The van der Waals surface area contributed by atoms with Gasteiger partial charge in [-0.05, 0) is 30.2 Å². The van der Waals surface area contributed by atoms with Gasteiger partial charge in [0, 0.05) is 37.7 Å². The zero-order chi connectivity index (χ0) is 26.3. The van der Waals surface area contributed by atoms with Crippen LogP contribution >= 0.6 is 0 Å². The zero-order valence-electron chi connectivity index (χ0n) is 21.6. The Balaban J connectivity index is 1.33. The van der Waals surface area contributed by atoms with E-state index in [0.717, 1.165) is 40.1 Å². The smallest absolute Gasteiger partial charge is 0.292 e. The number of aromatic nitrogens is 5. The number of piperazine rings is 1. The molecular weight excluding hydrogens is 472 g/mol. The van der Waals surface area contributed by atoms with E-state index in [9.17, 15) is 9.59 Å². The summed E-state index contributed by atoms with van der Waals surface area (Å²) in [6, 6.07) is 8.02. The van der Waals surface area contributed by atoms with E-state index >= 15 is 0 Å². The summed E-state index contributed by atoms with van der Waals surface area (Å²) in [5.41, 5.74) is 5.18. The predicted octanol–water partition coefficient (Wildman–Crippen LogP) is 2.59. The average molecular weight is 503 g/mol. The summed E-state index contributed by atoms with van der Waals surface area (Å²) in [6.45, 7) is 9.96. The third kappa shape index (κ3) is 4.89. The van der Waals surface area contributed by atoms with E-state index in [0.29, 0.717) is 25.5 Å². The number of benzene rings is 1. The van der Waals surface area contributed by atoms with Gasteiger partial charge in [0.1, 0.15) is 6.33 Å². The van der Waals surface area contributed by atoms with Crippen molar-refractivity contribution in [2.75, 3.05) is 31.6 Å². The number of fused-ring (bicyclic) bond motifs is 1. The zero-order valence-corrected chi connectivity index (χ0v) is 21.6. The van der Waals surface area contributed by atoms with Gasteiger partial charge in [-0.15, -0.1) is 0 Å². The highest BCUT2D eigenvalue weighted by Gasteiger charge is 2.25. The molecule has 192 valence electrons. The molecule has 0 spiro atoms. The highest BCUT2D eigenvalue weighted by molar-refractivity contribution is 5.90. The fourth-order valence-electron chi connectivity index (χ4n) is 4.21. The fraction of sp³-hybridized carbons (Fsp3) is 0.385. The molecule has 0 bridgehead atoms. The lowest BCUT2D eigenvalue weighted by atomic mass is 9.97. The van der Waals surface area contributed by atoms with Crippen LogP contribution in [0.4, 0.5) is 5.69 Å². The molecule has 11 nitrogen and oxygen atoms in total. The first-order valence-corrected chi connectivity index (χ1v) is 12.1. The lowest BCUT2D eigenvalue weighted by Gasteiger charge is -2.32. The average Bonchev–Trinajstić information content (AvgIpc) is 3.52. The molecule has 0 radical (unpaired) electrons. The van der Waals surface area contributed by atoms with Gasteiger partial charge in [0.25, 0.3) is 11.7 Å². The highest BCUT2D eigenvalue weighted by atomic mass is 16.5. The molecule has 1 fully saturated rings. The maximum absolute atomic E-state index is 12.5. The van der Waals surface area contributed by atoms with Gasteiger partial charge in [-0.1, -0.05) is 38.1 Å². The van der Waals surface area contributed by atoms with Crippen molar-refractivity contribution in [1.82, 2.24) is 35.0 Å². The summed E-state index contributed by atoms with van der Waals surface area (Å²) in [5, 5.41) is 11.0. The number of rotatable bonds is 5. The summed E-state index contributed by atoms with van der Waals surface area (Å²) in [7, 11) is 1.82. The Bertz CT molecular complexity index is 1480. The molecule has 1 aliphatic heterocycles. The molecule has 0 aliphatic carbocycles. The molecule has 4 aromatic rings. The quantitative estimate of drug-likeness (QED) is 0.442. The summed E-state index contributed by atoms with van der Waals surface area (Å²) in [5.74, 6) is 0.152. The van der Waals surface area contributed by atoms with Crippen LogP contribution in [0, 0.1) is 6.92 Å². The van der Waals surface area contributed by atoms with Crippen molar-refractivity contribution < 1.29 is 14.1 Å². The van der Waals surface area contributed by atoms with E-state index in [1.807, 2.05) is 65.2 Å². The number of anilines is 1. The predicted molar refractivity (Wildman–Crippen MR) is 137 cm³/mol. The number of carbonyl (C=O) groups excluding carboxylic acids is 2. The third-order valence-corrected chi connectivity index (χ3v) is 6.54. The number of likely N-dealkylation sites (N-methyl/N-ethyl adjacent to an activating group) is 1. The molecule has 1 aromatic carbocycles. The van der Waals surface area contributed by atoms with E-state index in [1.165, 1.54) is 6.33 Å². The number of aryl methyl sites for hydroxylation is 1. The first-order chi connectivity index (χ1) is 17.6. The van der Waals surface area contributed by atoms with Gasteiger partial charge in [-0.2, -0.15) is 10.1 Å². The maximum atomic E-state index is 12.5. The molecule has 3 aromatic heterocycles. The lowest BCUT2D eigenvalue weighted by Crippen LogP contribution is -2.48. The molecule has 1 N–H and O–H groups in total. The van der Waals surface area contributed by atoms with Crippen molar-refractivity contribution in [3.05, 3.63) is 59.6 Å². The molecule has 0 atom stereocenters. The number of nitrogens with one attached hydrogen (secondary N) is 1. The van der Waals surface area contributed by atoms with Gasteiger partial charge in [-0.3, -0.25) is 9.59 Å². The number of carbonyl (C=O) groups is 2. The second-order valence-electron chi connectivity index (χ2n) is 10.4. The van der Waals surface area contributed by atoms with Crippen molar-refractivity contribution >= 4 is 23.0 Å². The van der Waals surface area contributed by atoms with Gasteiger partial charge in [0.05, 0.1) is 29.6 Å². The van der Waals surface area contributed by atoms with E-state index in [-0.39, 0.29) is 23.1 Å². The van der Waals surface area contributed by atoms with Gasteiger partial charge < -0.3 is 19.6 Å². The molecule has 1 aliphatic rings. The summed E-state index contributed by atoms with van der Waals surface area (Å²) < 4.78 is 7.01. The standard InChI is InChI=1S/C26H30N8O3/c1-16-10-17(6-7-18(16)12-27-24(36)23-30-25(37-31-23)26(2,3)4)22-20-11-19(13-34(20)29-15-28-22)33-9-8-32(5)21(35)14-33/h6-7,10-11,13,15H,8-9,12,14H2,1-5H3,(H,27,36). The minimum atomic E-state index is -0.386. The van der Waals surface area contributed by atoms with Crippen molar-refractivity contribution in [3.8, 4) is 11.3 Å². The largest absolute Gasteiger partial charge is 0.359 e. The van der Waals surface area contributed by atoms with Crippen LogP contribution in [-0.4, -0.2) is 68.1 Å². The molecule has 2 amide bonds. The number of hydrogen-bond acceptors (Lipinski definition) is 8. The molecule has 5 rings (SSSR count). The Labute approximate surface area is 214 Å². The summed E-state index contributed by atoms with van der Waals surface area (Å²) >= 11 is 0. The Kier molecular flexibility index (Phi) is 6.14. The number of hydrogen-bond donors (Lipinski definition) is 1. The van der Waals surface area contributed by atoms with E-state index in [4.69, 9.17) is 4.52 Å². The van der Waals surface area contributed by atoms with Gasteiger partial charge >= 0.3 is 0 Å².